The predicted molar refractivity (Wildman–Crippen MR) is 118 cm³/mol. The molecule has 0 aromatic heterocycles. The Labute approximate surface area is 178 Å². The van der Waals surface area contributed by atoms with Crippen LogP contribution in [0.25, 0.3) is 11.6 Å². The molecule has 1 aliphatic heterocycles. The summed E-state index contributed by atoms with van der Waals surface area (Å²) in [4.78, 5) is 30.5. The molecule has 0 fully saturated rings. The van der Waals surface area contributed by atoms with Crippen LogP contribution in [0.5, 0.6) is 0 Å². The van der Waals surface area contributed by atoms with Gasteiger partial charge in [-0.25, -0.2) is 0 Å². The molecule has 0 saturated heterocycles. The van der Waals surface area contributed by atoms with E-state index in [1.54, 1.807) is 13.2 Å². The summed E-state index contributed by atoms with van der Waals surface area (Å²) in [6.45, 7) is 12.2. The molecule has 1 amide bonds. The van der Waals surface area contributed by atoms with Crippen LogP contribution in [0.1, 0.15) is 55.4 Å². The summed E-state index contributed by atoms with van der Waals surface area (Å²) < 4.78 is 5.70. The number of oxime groups is 1. The van der Waals surface area contributed by atoms with Crippen LogP contribution in [-0.4, -0.2) is 36.7 Å². The molecule has 0 radical (unpaired) electrons. The van der Waals surface area contributed by atoms with Crippen LogP contribution >= 0.6 is 0 Å². The molecule has 0 spiro atoms. The number of carbonyl (C=O) groups is 2. The lowest BCUT2D eigenvalue weighted by atomic mass is 9.91. The Morgan fingerprint density at radius 1 is 1.40 bits per heavy atom. The SMILES string of the molecule is C=Cc1cc(C)cc(C)c1C1=C(OC)C(CCNC(=O)C2=NOC(C)(C)C2)CC1=O. The van der Waals surface area contributed by atoms with Crippen molar-refractivity contribution in [3.63, 3.8) is 0 Å². The fraction of sp³-hybridized carbons (Fsp3) is 0.458. The van der Waals surface area contributed by atoms with E-state index in [9.17, 15) is 9.59 Å². The number of nitrogens with one attached hydrogen (secondary N) is 1. The average Bonchev–Trinajstić information content (AvgIpc) is 3.19. The molecule has 6 nitrogen and oxygen atoms in total. The molecule has 30 heavy (non-hydrogen) atoms. The van der Waals surface area contributed by atoms with Gasteiger partial charge in [-0.05, 0) is 50.8 Å². The van der Waals surface area contributed by atoms with E-state index in [1.807, 2.05) is 33.8 Å². The predicted octanol–water partition coefficient (Wildman–Crippen LogP) is 3.95. The number of aryl methyl sites for hydroxylation is 2. The first-order valence-electron chi connectivity index (χ1n) is 10.3. The van der Waals surface area contributed by atoms with E-state index in [1.165, 1.54) is 0 Å². The third-order valence-electron chi connectivity index (χ3n) is 5.56. The van der Waals surface area contributed by atoms with Crippen molar-refractivity contribution in [2.24, 2.45) is 11.1 Å². The Balaban J connectivity index is 1.75. The number of amides is 1. The summed E-state index contributed by atoms with van der Waals surface area (Å²) in [5.41, 5.74) is 4.56. The van der Waals surface area contributed by atoms with Gasteiger partial charge in [-0.3, -0.25) is 9.59 Å². The first kappa shape index (κ1) is 21.8. The number of Topliss-reactive ketones (excluding diaryl/α,β-unsaturated/α-hetero) is 1. The smallest absolute Gasteiger partial charge is 0.269 e. The number of hydrogen-bond donors (Lipinski definition) is 1. The highest BCUT2D eigenvalue weighted by Crippen LogP contribution is 2.40. The average molecular weight is 411 g/mol. The van der Waals surface area contributed by atoms with E-state index in [-0.39, 0.29) is 17.6 Å². The lowest BCUT2D eigenvalue weighted by Crippen LogP contribution is -2.33. The summed E-state index contributed by atoms with van der Waals surface area (Å²) in [5.74, 6) is 0.450. The van der Waals surface area contributed by atoms with Crippen LogP contribution in [0.3, 0.4) is 0 Å². The van der Waals surface area contributed by atoms with Gasteiger partial charge < -0.3 is 14.9 Å². The van der Waals surface area contributed by atoms with Gasteiger partial charge in [-0.1, -0.05) is 35.5 Å². The van der Waals surface area contributed by atoms with E-state index in [0.29, 0.717) is 42.9 Å². The van der Waals surface area contributed by atoms with E-state index in [0.717, 1.165) is 22.3 Å². The first-order chi connectivity index (χ1) is 14.2. The zero-order chi connectivity index (χ0) is 22.1. The van der Waals surface area contributed by atoms with Crippen LogP contribution in [0.2, 0.25) is 0 Å². The minimum Gasteiger partial charge on any atom is -0.500 e. The number of methoxy groups -OCH3 is 1. The summed E-state index contributed by atoms with van der Waals surface area (Å²) in [6, 6.07) is 4.09. The molecule has 1 heterocycles. The summed E-state index contributed by atoms with van der Waals surface area (Å²) in [7, 11) is 1.60. The monoisotopic (exact) mass is 410 g/mol. The van der Waals surface area contributed by atoms with Crippen LogP contribution in [0.4, 0.5) is 0 Å². The lowest BCUT2D eigenvalue weighted by molar-refractivity contribution is -0.115. The topological polar surface area (TPSA) is 77.0 Å². The van der Waals surface area contributed by atoms with Gasteiger partial charge in [0.15, 0.2) is 5.78 Å². The normalized spacial score (nSPS) is 20.1. The standard InChI is InChI=1S/C24H30N2O4/c1-7-16-11-14(2)10-15(3)20(16)21-19(27)12-17(22(21)29-6)8-9-25-23(28)18-13-24(4,5)30-26-18/h7,10-11,17H,1,8-9,12-13H2,2-6H3,(H,25,28). The molecule has 6 heteroatoms. The largest absolute Gasteiger partial charge is 0.500 e. The van der Waals surface area contributed by atoms with Gasteiger partial charge in [0, 0.05) is 25.3 Å². The highest BCUT2D eigenvalue weighted by molar-refractivity contribution is 6.39. The van der Waals surface area contributed by atoms with Gasteiger partial charge in [0.1, 0.15) is 17.1 Å². The fourth-order valence-corrected chi connectivity index (χ4v) is 4.26. The number of benzene rings is 1. The fourth-order valence-electron chi connectivity index (χ4n) is 4.26. The molecule has 1 aromatic carbocycles. The molecular formula is C24H30N2O4. The van der Waals surface area contributed by atoms with Crippen LogP contribution in [-0.2, 0) is 19.2 Å². The molecule has 1 N–H and O–H groups in total. The minimum absolute atomic E-state index is 0.0635. The third kappa shape index (κ3) is 4.32. The van der Waals surface area contributed by atoms with Crippen LogP contribution in [0.15, 0.2) is 29.6 Å². The van der Waals surface area contributed by atoms with Crippen LogP contribution < -0.4 is 5.32 Å². The molecule has 1 aromatic rings. The van der Waals surface area contributed by atoms with Gasteiger partial charge in [-0.2, -0.15) is 0 Å². The summed E-state index contributed by atoms with van der Waals surface area (Å²) >= 11 is 0. The Kier molecular flexibility index (Phi) is 6.15. The number of carbonyl (C=O) groups excluding carboxylic acids is 2. The highest BCUT2D eigenvalue weighted by atomic mass is 16.7. The molecule has 160 valence electrons. The van der Waals surface area contributed by atoms with Gasteiger partial charge in [0.25, 0.3) is 5.91 Å². The number of ether oxygens (including phenoxy) is 1. The second-order valence-electron chi connectivity index (χ2n) is 8.63. The van der Waals surface area contributed by atoms with Gasteiger partial charge in [0.05, 0.1) is 12.7 Å². The van der Waals surface area contributed by atoms with Crippen LogP contribution in [0, 0.1) is 19.8 Å². The first-order valence-corrected chi connectivity index (χ1v) is 10.3. The van der Waals surface area contributed by atoms with Crippen molar-refractivity contribution in [1.82, 2.24) is 5.32 Å². The second kappa shape index (κ2) is 8.46. The molecule has 2 aliphatic rings. The van der Waals surface area contributed by atoms with Crippen molar-refractivity contribution in [2.45, 2.75) is 52.6 Å². The Morgan fingerprint density at radius 2 is 2.13 bits per heavy atom. The van der Waals surface area contributed by atoms with Crippen molar-refractivity contribution >= 4 is 29.1 Å². The quantitative estimate of drug-likeness (QED) is 0.738. The van der Waals surface area contributed by atoms with E-state index >= 15 is 0 Å². The maximum absolute atomic E-state index is 12.9. The number of allylic oxidation sites excluding steroid dienone is 2. The highest BCUT2D eigenvalue weighted by Gasteiger charge is 2.36. The Hall–Kier alpha value is -2.89. The summed E-state index contributed by atoms with van der Waals surface area (Å²) in [5, 5.41) is 6.77. The molecule has 1 unspecified atom stereocenters. The van der Waals surface area contributed by atoms with Crippen molar-refractivity contribution < 1.29 is 19.2 Å². The minimum atomic E-state index is -0.444. The van der Waals surface area contributed by atoms with Crippen molar-refractivity contribution in [3.05, 3.63) is 46.7 Å². The number of rotatable bonds is 7. The van der Waals surface area contributed by atoms with Crippen molar-refractivity contribution in [2.75, 3.05) is 13.7 Å². The van der Waals surface area contributed by atoms with Gasteiger partial charge >= 0.3 is 0 Å². The molecule has 3 rings (SSSR count). The van der Waals surface area contributed by atoms with Crippen molar-refractivity contribution in [1.29, 1.82) is 0 Å². The molecule has 1 aliphatic carbocycles. The maximum atomic E-state index is 12.9. The number of hydrogen-bond acceptors (Lipinski definition) is 5. The molecule has 0 saturated carbocycles. The number of ketones is 1. The molecule has 1 atom stereocenters. The van der Waals surface area contributed by atoms with Gasteiger partial charge in [0.2, 0.25) is 0 Å². The van der Waals surface area contributed by atoms with E-state index in [2.05, 4.69) is 23.1 Å². The second-order valence-corrected chi connectivity index (χ2v) is 8.63. The lowest BCUT2D eigenvalue weighted by Gasteiger charge is -2.16. The zero-order valence-corrected chi connectivity index (χ0v) is 18.4. The van der Waals surface area contributed by atoms with Crippen molar-refractivity contribution in [3.8, 4) is 0 Å². The molecular weight excluding hydrogens is 380 g/mol. The maximum Gasteiger partial charge on any atom is 0.269 e. The van der Waals surface area contributed by atoms with E-state index < -0.39 is 5.60 Å². The van der Waals surface area contributed by atoms with Gasteiger partial charge in [-0.15, -0.1) is 0 Å². The Bertz CT molecular complexity index is 956. The third-order valence-corrected chi connectivity index (χ3v) is 5.56. The summed E-state index contributed by atoms with van der Waals surface area (Å²) in [6.07, 6.45) is 3.23. The zero-order valence-electron chi connectivity index (χ0n) is 18.4. The van der Waals surface area contributed by atoms with E-state index in [4.69, 9.17) is 9.57 Å². The molecule has 0 bridgehead atoms. The Morgan fingerprint density at radius 3 is 2.73 bits per heavy atom. The number of nitrogens with zero attached hydrogens (tertiary/aromatic N) is 1.